The molecular weight excluding hydrogens is 198 g/mol. The number of ketones is 1. The average Bonchev–Trinajstić information content (AvgIpc) is 2.14. The summed E-state index contributed by atoms with van der Waals surface area (Å²) < 4.78 is 0. The first kappa shape index (κ1) is 12.9. The second kappa shape index (κ2) is 5.26. The summed E-state index contributed by atoms with van der Waals surface area (Å²) in [7, 11) is 0. The molecule has 0 radical (unpaired) electrons. The number of carbonyl (C=O) groups excluding carboxylic acids is 1. The van der Waals surface area contributed by atoms with Crippen molar-refractivity contribution in [2.45, 2.75) is 45.6 Å². The van der Waals surface area contributed by atoms with E-state index in [1.807, 2.05) is 39.0 Å². The second-order valence-electron chi connectivity index (χ2n) is 5.19. The van der Waals surface area contributed by atoms with Crippen molar-refractivity contribution < 1.29 is 4.79 Å². The molecular formula is C14H21NO. The van der Waals surface area contributed by atoms with E-state index in [2.05, 4.69) is 6.07 Å². The normalized spacial score (nSPS) is 11.5. The summed E-state index contributed by atoms with van der Waals surface area (Å²) in [4.78, 5) is 11.7. The van der Waals surface area contributed by atoms with Crippen molar-refractivity contribution >= 4 is 5.78 Å². The minimum absolute atomic E-state index is 0.248. The molecule has 16 heavy (non-hydrogen) atoms. The van der Waals surface area contributed by atoms with Gasteiger partial charge in [0.15, 0.2) is 0 Å². The summed E-state index contributed by atoms with van der Waals surface area (Å²) in [6.07, 6.45) is 1.84. The Kier molecular flexibility index (Phi) is 4.25. The molecule has 2 heteroatoms. The monoisotopic (exact) mass is 219 g/mol. The molecule has 0 bridgehead atoms. The maximum absolute atomic E-state index is 11.7. The lowest BCUT2D eigenvalue weighted by Crippen LogP contribution is -2.32. The Morgan fingerprint density at radius 1 is 1.38 bits per heavy atom. The highest BCUT2D eigenvalue weighted by Crippen LogP contribution is 2.11. The van der Waals surface area contributed by atoms with Crippen LogP contribution in [0.25, 0.3) is 0 Å². The zero-order valence-corrected chi connectivity index (χ0v) is 10.4. The van der Waals surface area contributed by atoms with Crippen molar-refractivity contribution in [2.75, 3.05) is 0 Å². The summed E-state index contributed by atoms with van der Waals surface area (Å²) in [5, 5.41) is 0. The lowest BCUT2D eigenvalue weighted by atomic mass is 9.96. The summed E-state index contributed by atoms with van der Waals surface area (Å²) in [6.45, 7) is 5.94. The Labute approximate surface area is 97.9 Å². The molecule has 0 atom stereocenters. The van der Waals surface area contributed by atoms with Crippen LogP contribution >= 0.6 is 0 Å². The molecule has 0 aliphatic rings. The molecule has 0 unspecified atom stereocenters. The number of aryl methyl sites for hydroxylation is 1. The molecule has 0 aliphatic carbocycles. The molecule has 0 saturated carbocycles. The summed E-state index contributed by atoms with van der Waals surface area (Å²) >= 11 is 0. The van der Waals surface area contributed by atoms with Crippen LogP contribution in [0.2, 0.25) is 0 Å². The number of rotatable bonds is 5. The fourth-order valence-electron chi connectivity index (χ4n) is 1.60. The maximum Gasteiger partial charge on any atom is 0.137 e. The van der Waals surface area contributed by atoms with Crippen molar-refractivity contribution in [1.29, 1.82) is 0 Å². The van der Waals surface area contributed by atoms with E-state index >= 15 is 0 Å². The van der Waals surface area contributed by atoms with Crippen LogP contribution in [0, 0.1) is 6.92 Å². The van der Waals surface area contributed by atoms with Gasteiger partial charge in [0, 0.05) is 18.4 Å². The minimum Gasteiger partial charge on any atom is -0.326 e. The van der Waals surface area contributed by atoms with Crippen molar-refractivity contribution in [1.82, 2.24) is 0 Å². The number of hydrogen-bond acceptors (Lipinski definition) is 2. The highest BCUT2D eigenvalue weighted by Gasteiger charge is 2.13. The van der Waals surface area contributed by atoms with Crippen LogP contribution in [0.4, 0.5) is 0 Å². The first-order chi connectivity index (χ1) is 7.37. The molecule has 0 amide bonds. The molecule has 0 heterocycles. The van der Waals surface area contributed by atoms with Gasteiger partial charge in [0.25, 0.3) is 0 Å². The maximum atomic E-state index is 11.7. The van der Waals surface area contributed by atoms with Crippen LogP contribution in [0.1, 0.15) is 37.8 Å². The van der Waals surface area contributed by atoms with E-state index in [0.29, 0.717) is 12.8 Å². The topological polar surface area (TPSA) is 43.1 Å². The second-order valence-corrected chi connectivity index (χ2v) is 5.19. The van der Waals surface area contributed by atoms with Crippen molar-refractivity contribution in [3.63, 3.8) is 0 Å². The van der Waals surface area contributed by atoms with Gasteiger partial charge in [0.1, 0.15) is 5.78 Å². The molecule has 1 rings (SSSR count). The summed E-state index contributed by atoms with van der Waals surface area (Å²) in [5.41, 5.74) is 7.90. The lowest BCUT2D eigenvalue weighted by Gasteiger charge is -2.17. The van der Waals surface area contributed by atoms with Crippen LogP contribution in [0.15, 0.2) is 24.3 Å². The summed E-state index contributed by atoms with van der Waals surface area (Å²) in [6, 6.07) is 8.09. The Morgan fingerprint density at radius 2 is 2.06 bits per heavy atom. The highest BCUT2D eigenvalue weighted by molar-refractivity contribution is 5.80. The van der Waals surface area contributed by atoms with Crippen LogP contribution in [-0.2, 0) is 11.2 Å². The first-order valence-corrected chi connectivity index (χ1v) is 5.73. The number of hydrogen-bond donors (Lipinski definition) is 1. The minimum atomic E-state index is -0.248. The molecule has 0 fully saturated rings. The van der Waals surface area contributed by atoms with Crippen molar-refractivity contribution in [2.24, 2.45) is 5.73 Å². The molecule has 2 N–H and O–H groups in total. The number of benzene rings is 1. The zero-order valence-electron chi connectivity index (χ0n) is 10.4. The van der Waals surface area contributed by atoms with Gasteiger partial charge >= 0.3 is 0 Å². The van der Waals surface area contributed by atoms with Crippen LogP contribution < -0.4 is 5.73 Å². The third-order valence-electron chi connectivity index (χ3n) is 2.53. The largest absolute Gasteiger partial charge is 0.326 e. The van der Waals surface area contributed by atoms with E-state index in [4.69, 9.17) is 5.73 Å². The fourth-order valence-corrected chi connectivity index (χ4v) is 1.60. The molecule has 1 aromatic carbocycles. The average molecular weight is 219 g/mol. The van der Waals surface area contributed by atoms with Gasteiger partial charge in [-0.2, -0.15) is 0 Å². The number of carbonyl (C=O) groups is 1. The third-order valence-corrected chi connectivity index (χ3v) is 2.53. The molecule has 0 saturated heterocycles. The van der Waals surface area contributed by atoms with Gasteiger partial charge in [-0.25, -0.2) is 0 Å². The van der Waals surface area contributed by atoms with Gasteiger partial charge < -0.3 is 5.73 Å². The number of Topliss-reactive ketones (excluding diaryl/α,β-unsaturated/α-hetero) is 1. The Bertz CT molecular complexity index is 363. The Morgan fingerprint density at radius 3 is 2.62 bits per heavy atom. The van der Waals surface area contributed by atoms with Crippen molar-refractivity contribution in [3.05, 3.63) is 35.4 Å². The SMILES string of the molecule is Cc1cccc(CC(=O)CCC(C)(C)N)c1. The smallest absolute Gasteiger partial charge is 0.137 e. The molecule has 2 nitrogen and oxygen atoms in total. The van der Waals surface area contributed by atoms with Gasteiger partial charge in [-0.05, 0) is 32.8 Å². The molecule has 0 aliphatic heterocycles. The van der Waals surface area contributed by atoms with Crippen LogP contribution in [0.3, 0.4) is 0 Å². The lowest BCUT2D eigenvalue weighted by molar-refractivity contribution is -0.118. The fraction of sp³-hybridized carbons (Fsp3) is 0.500. The van der Waals surface area contributed by atoms with Gasteiger partial charge in [-0.1, -0.05) is 29.8 Å². The van der Waals surface area contributed by atoms with E-state index in [9.17, 15) is 4.79 Å². The standard InChI is InChI=1S/C14H21NO/c1-11-5-4-6-12(9-11)10-13(16)7-8-14(2,3)15/h4-6,9H,7-8,10,15H2,1-3H3. The Balaban J connectivity index is 2.46. The van der Waals surface area contributed by atoms with Crippen LogP contribution in [0.5, 0.6) is 0 Å². The van der Waals surface area contributed by atoms with E-state index in [0.717, 1.165) is 12.0 Å². The van der Waals surface area contributed by atoms with E-state index in [1.54, 1.807) is 0 Å². The first-order valence-electron chi connectivity index (χ1n) is 5.73. The molecule has 0 aromatic heterocycles. The number of nitrogens with two attached hydrogens (primary N) is 1. The van der Waals surface area contributed by atoms with Crippen LogP contribution in [-0.4, -0.2) is 11.3 Å². The summed E-state index contributed by atoms with van der Waals surface area (Å²) in [5.74, 6) is 0.268. The predicted octanol–water partition coefficient (Wildman–Crippen LogP) is 2.62. The zero-order chi connectivity index (χ0) is 12.2. The Hall–Kier alpha value is -1.15. The quantitative estimate of drug-likeness (QED) is 0.827. The molecule has 88 valence electrons. The van der Waals surface area contributed by atoms with E-state index in [1.165, 1.54) is 5.56 Å². The molecule has 0 spiro atoms. The van der Waals surface area contributed by atoms with Gasteiger partial charge in [-0.15, -0.1) is 0 Å². The highest BCUT2D eigenvalue weighted by atomic mass is 16.1. The van der Waals surface area contributed by atoms with E-state index < -0.39 is 0 Å². The predicted molar refractivity (Wildman–Crippen MR) is 67.4 cm³/mol. The van der Waals surface area contributed by atoms with Gasteiger partial charge in [0.2, 0.25) is 0 Å². The van der Waals surface area contributed by atoms with Crippen molar-refractivity contribution in [3.8, 4) is 0 Å². The van der Waals surface area contributed by atoms with E-state index in [-0.39, 0.29) is 11.3 Å². The third kappa shape index (κ3) is 5.08. The van der Waals surface area contributed by atoms with Gasteiger partial charge in [0.05, 0.1) is 0 Å². The molecule has 1 aromatic rings. The van der Waals surface area contributed by atoms with Gasteiger partial charge in [-0.3, -0.25) is 4.79 Å².